The van der Waals surface area contributed by atoms with Crippen molar-refractivity contribution in [3.05, 3.63) is 84.4 Å². The van der Waals surface area contributed by atoms with Crippen LogP contribution in [0.25, 0.3) is 0 Å². The molecule has 2 aromatic carbocycles. The van der Waals surface area contributed by atoms with Crippen LogP contribution in [0.2, 0.25) is 0 Å². The molecule has 3 atom stereocenters. The Morgan fingerprint density at radius 2 is 1.52 bits per heavy atom. The second kappa shape index (κ2) is 15.3. The normalized spacial score (nSPS) is 13.5. The lowest BCUT2D eigenvalue weighted by molar-refractivity contribution is -0.131. The van der Waals surface area contributed by atoms with E-state index in [0.717, 1.165) is 11.3 Å². The first-order valence-corrected chi connectivity index (χ1v) is 12.3. The Kier molecular flexibility index (Phi) is 12.3. The summed E-state index contributed by atoms with van der Waals surface area (Å²) in [4.78, 5) is 25.4. The summed E-state index contributed by atoms with van der Waals surface area (Å²) < 4.78 is 0. The van der Waals surface area contributed by atoms with E-state index in [1.165, 1.54) is 5.56 Å². The molecular weight excluding hydrogens is 436 g/mol. The topological polar surface area (TPSA) is 98.7 Å². The minimum Gasteiger partial charge on any atom is -0.394 e. The first-order chi connectivity index (χ1) is 16.0. The minimum absolute atomic E-state index is 0.0154. The molecule has 2 aromatic rings. The lowest BCUT2D eigenvalue weighted by Crippen LogP contribution is -2.45. The molecule has 0 fully saturated rings. The van der Waals surface area contributed by atoms with Crippen molar-refractivity contribution in [1.82, 2.24) is 10.6 Å². The maximum absolute atomic E-state index is 12.8. The lowest BCUT2D eigenvalue weighted by atomic mass is 9.98. The fourth-order valence-corrected chi connectivity index (χ4v) is 4.43. The predicted molar refractivity (Wildman–Crippen MR) is 134 cm³/mol. The molecule has 6 nitrogen and oxygen atoms in total. The Balaban J connectivity index is 1.84. The molecule has 4 N–H and O–H groups in total. The highest BCUT2D eigenvalue weighted by molar-refractivity contribution is 7.98. The molecule has 178 valence electrons. The maximum atomic E-state index is 12.8. The molecule has 0 saturated carbocycles. The Hall–Kier alpha value is -2.61. The van der Waals surface area contributed by atoms with Crippen molar-refractivity contribution in [3.8, 4) is 0 Å². The number of nitrogens with one attached hydrogen (secondary N) is 2. The van der Waals surface area contributed by atoms with Gasteiger partial charge in [0.2, 0.25) is 11.8 Å². The van der Waals surface area contributed by atoms with Gasteiger partial charge < -0.3 is 20.8 Å². The third-order valence-corrected chi connectivity index (χ3v) is 6.34. The molecule has 0 radical (unpaired) electrons. The summed E-state index contributed by atoms with van der Waals surface area (Å²) in [7, 11) is 0. The van der Waals surface area contributed by atoms with E-state index in [0.29, 0.717) is 18.6 Å². The molecule has 0 saturated heterocycles. The first kappa shape index (κ1) is 26.6. The van der Waals surface area contributed by atoms with E-state index in [1.54, 1.807) is 17.8 Å². The van der Waals surface area contributed by atoms with E-state index in [4.69, 9.17) is 0 Å². The van der Waals surface area contributed by atoms with Gasteiger partial charge in [0.15, 0.2) is 0 Å². The van der Waals surface area contributed by atoms with Gasteiger partial charge in [0, 0.05) is 17.9 Å². The zero-order valence-corrected chi connectivity index (χ0v) is 19.7. The first-order valence-electron chi connectivity index (χ1n) is 11.1. The largest absolute Gasteiger partial charge is 0.394 e. The van der Waals surface area contributed by atoms with Crippen LogP contribution < -0.4 is 10.6 Å². The van der Waals surface area contributed by atoms with Gasteiger partial charge in [0.05, 0.1) is 31.2 Å². The SMILES string of the molecule is C=CCC(CC(=O)NC(CO)Cc1ccccc1)C(=O)NC(CO)CSCc1ccccc1. The maximum Gasteiger partial charge on any atom is 0.224 e. The van der Waals surface area contributed by atoms with E-state index in [1.807, 2.05) is 60.7 Å². The number of benzene rings is 2. The van der Waals surface area contributed by atoms with Gasteiger partial charge in [-0.25, -0.2) is 0 Å². The number of amides is 2. The van der Waals surface area contributed by atoms with Crippen molar-refractivity contribution in [3.63, 3.8) is 0 Å². The molecule has 2 amide bonds. The number of allylic oxidation sites excluding steroid dienone is 1. The van der Waals surface area contributed by atoms with Crippen molar-refractivity contribution >= 4 is 23.6 Å². The molecule has 0 aliphatic heterocycles. The Morgan fingerprint density at radius 3 is 2.09 bits per heavy atom. The summed E-state index contributed by atoms with van der Waals surface area (Å²) in [5.74, 6) is 0.175. The van der Waals surface area contributed by atoms with Crippen LogP contribution in [-0.4, -0.2) is 53.1 Å². The van der Waals surface area contributed by atoms with Gasteiger partial charge in [-0.2, -0.15) is 11.8 Å². The van der Waals surface area contributed by atoms with Crippen molar-refractivity contribution in [1.29, 1.82) is 0 Å². The summed E-state index contributed by atoms with van der Waals surface area (Å²) in [6, 6.07) is 18.8. The van der Waals surface area contributed by atoms with Crippen molar-refractivity contribution < 1.29 is 19.8 Å². The highest BCUT2D eigenvalue weighted by atomic mass is 32.2. The second-order valence-electron chi connectivity index (χ2n) is 7.95. The average molecular weight is 471 g/mol. The van der Waals surface area contributed by atoms with Crippen LogP contribution in [0.5, 0.6) is 0 Å². The molecule has 7 heteroatoms. The van der Waals surface area contributed by atoms with Gasteiger partial charge in [-0.15, -0.1) is 6.58 Å². The lowest BCUT2D eigenvalue weighted by Gasteiger charge is -2.22. The van der Waals surface area contributed by atoms with E-state index >= 15 is 0 Å². The number of thioether (sulfide) groups is 1. The number of rotatable bonds is 15. The molecule has 0 aromatic heterocycles. The number of carbonyl (C=O) groups excluding carboxylic acids is 2. The molecule has 0 heterocycles. The van der Waals surface area contributed by atoms with Gasteiger partial charge >= 0.3 is 0 Å². The third-order valence-electron chi connectivity index (χ3n) is 5.16. The standard InChI is InChI=1S/C26H34N2O4S/c1-2-9-22(15-25(31)27-23(16-29)14-20-10-5-3-6-11-20)26(32)28-24(17-30)19-33-18-21-12-7-4-8-13-21/h2-8,10-13,22-24,29-30H,1,9,14-19H2,(H,27,31)(H,28,32). The molecule has 0 aliphatic rings. The Labute approximate surface area is 200 Å². The van der Waals surface area contributed by atoms with Crippen LogP contribution in [0.1, 0.15) is 24.0 Å². The van der Waals surface area contributed by atoms with Gasteiger partial charge in [-0.1, -0.05) is 66.7 Å². The van der Waals surface area contributed by atoms with Crippen LogP contribution in [0.4, 0.5) is 0 Å². The molecule has 0 aliphatic carbocycles. The Bertz CT molecular complexity index is 848. The van der Waals surface area contributed by atoms with Gasteiger partial charge in [0.1, 0.15) is 0 Å². The minimum atomic E-state index is -0.591. The predicted octanol–water partition coefficient (Wildman–Crippen LogP) is 2.70. The van der Waals surface area contributed by atoms with Crippen LogP contribution in [-0.2, 0) is 21.8 Å². The summed E-state index contributed by atoms with van der Waals surface area (Å²) >= 11 is 1.63. The summed E-state index contributed by atoms with van der Waals surface area (Å²) in [5.41, 5.74) is 2.19. The number of aliphatic hydroxyl groups is 2. The van der Waals surface area contributed by atoms with Crippen molar-refractivity contribution in [2.45, 2.75) is 37.1 Å². The summed E-state index contributed by atoms with van der Waals surface area (Å²) in [6.45, 7) is 3.33. The Morgan fingerprint density at radius 1 is 0.909 bits per heavy atom. The highest BCUT2D eigenvalue weighted by Gasteiger charge is 2.24. The summed E-state index contributed by atoms with van der Waals surface area (Å²) in [6.07, 6.45) is 2.45. The van der Waals surface area contributed by atoms with Crippen LogP contribution in [0.15, 0.2) is 73.3 Å². The van der Waals surface area contributed by atoms with Crippen LogP contribution in [0.3, 0.4) is 0 Å². The average Bonchev–Trinajstić information content (AvgIpc) is 2.83. The molecule has 0 spiro atoms. The zero-order chi connectivity index (χ0) is 23.9. The van der Waals surface area contributed by atoms with E-state index in [9.17, 15) is 19.8 Å². The van der Waals surface area contributed by atoms with Gasteiger partial charge in [-0.3, -0.25) is 9.59 Å². The van der Waals surface area contributed by atoms with Crippen LogP contribution in [0, 0.1) is 5.92 Å². The summed E-state index contributed by atoms with van der Waals surface area (Å²) in [5, 5.41) is 25.0. The van der Waals surface area contributed by atoms with Crippen LogP contribution >= 0.6 is 11.8 Å². The number of carbonyl (C=O) groups is 2. The smallest absolute Gasteiger partial charge is 0.224 e. The van der Waals surface area contributed by atoms with E-state index in [2.05, 4.69) is 17.2 Å². The van der Waals surface area contributed by atoms with Crippen molar-refractivity contribution in [2.24, 2.45) is 5.92 Å². The number of hydrogen-bond donors (Lipinski definition) is 4. The molecular formula is C26H34N2O4S. The zero-order valence-electron chi connectivity index (χ0n) is 18.9. The quantitative estimate of drug-likeness (QED) is 0.300. The molecule has 0 bridgehead atoms. The molecule has 3 unspecified atom stereocenters. The number of hydrogen-bond acceptors (Lipinski definition) is 5. The molecule has 2 rings (SSSR count). The molecule has 33 heavy (non-hydrogen) atoms. The monoisotopic (exact) mass is 470 g/mol. The van der Waals surface area contributed by atoms with E-state index in [-0.39, 0.29) is 31.4 Å². The highest BCUT2D eigenvalue weighted by Crippen LogP contribution is 2.15. The number of aliphatic hydroxyl groups excluding tert-OH is 2. The fraction of sp³-hybridized carbons (Fsp3) is 0.385. The van der Waals surface area contributed by atoms with Crippen molar-refractivity contribution in [2.75, 3.05) is 19.0 Å². The van der Waals surface area contributed by atoms with Gasteiger partial charge in [0.25, 0.3) is 0 Å². The fourth-order valence-electron chi connectivity index (χ4n) is 3.41. The van der Waals surface area contributed by atoms with E-state index < -0.39 is 18.0 Å². The third kappa shape index (κ3) is 10.2. The van der Waals surface area contributed by atoms with Gasteiger partial charge in [-0.05, 0) is 24.0 Å². The second-order valence-corrected chi connectivity index (χ2v) is 8.98.